The number of Topliss-reactive ketones (excluding diaryl/α,β-unsaturated/α-hetero) is 1. The van der Waals surface area contributed by atoms with Crippen LogP contribution in [-0.2, 0) is 10.4 Å². The van der Waals surface area contributed by atoms with E-state index >= 15 is 0 Å². The first kappa shape index (κ1) is 13.7. The molecule has 0 amide bonds. The van der Waals surface area contributed by atoms with Gasteiger partial charge in [0.25, 0.3) is 0 Å². The van der Waals surface area contributed by atoms with Crippen LogP contribution in [0, 0.1) is 18.8 Å². The molecule has 1 atom stereocenters. The first-order valence-corrected chi connectivity index (χ1v) is 7.42. The maximum atomic E-state index is 12.2. The molecule has 4 heteroatoms. The molecule has 23 heavy (non-hydrogen) atoms. The Morgan fingerprint density at radius 2 is 2.04 bits per heavy atom. The number of nitrogens with one attached hydrogen (secondary N) is 1. The summed E-state index contributed by atoms with van der Waals surface area (Å²) in [6.07, 6.45) is 2.19. The Labute approximate surface area is 134 Å². The van der Waals surface area contributed by atoms with Gasteiger partial charge in [-0.25, -0.2) is 4.98 Å². The number of fused-ring (bicyclic) bond motifs is 2. The molecular weight excluding hydrogens is 288 g/mol. The van der Waals surface area contributed by atoms with Crippen molar-refractivity contribution < 1.29 is 9.63 Å². The molecule has 0 fully saturated rings. The first-order valence-electron chi connectivity index (χ1n) is 7.42. The van der Waals surface area contributed by atoms with Gasteiger partial charge >= 0.3 is 0 Å². The summed E-state index contributed by atoms with van der Waals surface area (Å²) in [6.45, 7) is 1.93. The molecule has 2 aromatic rings. The number of benzene rings is 1. The molecule has 2 aliphatic rings. The molecular formula is C19H14N2O2. The molecule has 1 aliphatic carbocycles. The molecule has 1 aliphatic heterocycles. The fourth-order valence-electron chi connectivity index (χ4n) is 2.99. The molecule has 1 aromatic carbocycles. The zero-order valence-corrected chi connectivity index (χ0v) is 12.6. The van der Waals surface area contributed by atoms with Crippen molar-refractivity contribution in [1.29, 1.82) is 0 Å². The molecule has 2 heterocycles. The van der Waals surface area contributed by atoms with Crippen LogP contribution in [0.15, 0.2) is 54.2 Å². The number of aromatic nitrogens is 1. The van der Waals surface area contributed by atoms with E-state index < -0.39 is 5.60 Å². The van der Waals surface area contributed by atoms with E-state index in [1.54, 1.807) is 0 Å². The summed E-state index contributed by atoms with van der Waals surface area (Å²) in [5, 5.41) is 0. The Morgan fingerprint density at radius 1 is 1.17 bits per heavy atom. The molecule has 1 aromatic heterocycles. The minimum absolute atomic E-state index is 0.0909. The third kappa shape index (κ3) is 2.32. The van der Waals surface area contributed by atoms with E-state index in [4.69, 9.17) is 4.84 Å². The van der Waals surface area contributed by atoms with E-state index in [1.807, 2.05) is 55.5 Å². The predicted molar refractivity (Wildman–Crippen MR) is 85.2 cm³/mol. The van der Waals surface area contributed by atoms with Crippen molar-refractivity contribution in [2.24, 2.45) is 0 Å². The summed E-state index contributed by atoms with van der Waals surface area (Å²) in [5.74, 6) is 6.13. The van der Waals surface area contributed by atoms with E-state index in [2.05, 4.69) is 22.3 Å². The summed E-state index contributed by atoms with van der Waals surface area (Å²) in [7, 11) is 0. The van der Waals surface area contributed by atoms with Crippen molar-refractivity contribution in [3.63, 3.8) is 0 Å². The molecule has 4 rings (SSSR count). The van der Waals surface area contributed by atoms with Gasteiger partial charge in [0.1, 0.15) is 17.0 Å². The highest BCUT2D eigenvalue weighted by atomic mass is 16.7. The minimum atomic E-state index is -0.738. The number of hydroxylamine groups is 1. The Hall–Kier alpha value is -2.90. The van der Waals surface area contributed by atoms with Gasteiger partial charge in [0.15, 0.2) is 5.78 Å². The van der Waals surface area contributed by atoms with Crippen LogP contribution in [0.5, 0.6) is 0 Å². The highest BCUT2D eigenvalue weighted by molar-refractivity contribution is 6.02. The Kier molecular flexibility index (Phi) is 3.03. The third-order valence-corrected chi connectivity index (χ3v) is 4.04. The maximum Gasteiger partial charge on any atom is 0.166 e. The van der Waals surface area contributed by atoms with Gasteiger partial charge < -0.3 is 0 Å². The average molecular weight is 302 g/mol. The number of ketones is 1. The van der Waals surface area contributed by atoms with Crippen LogP contribution in [0.1, 0.15) is 33.7 Å². The zero-order valence-electron chi connectivity index (χ0n) is 12.6. The zero-order chi connectivity index (χ0) is 15.9. The number of allylic oxidation sites excluding steroid dienone is 1. The van der Waals surface area contributed by atoms with Crippen LogP contribution in [0.4, 0.5) is 0 Å². The topological polar surface area (TPSA) is 51.2 Å². The quantitative estimate of drug-likeness (QED) is 0.760. The number of rotatable bonds is 0. The van der Waals surface area contributed by atoms with Gasteiger partial charge in [0.2, 0.25) is 0 Å². The SMILES string of the molecule is Cc1cccc(C#CC2=CC3(CC(=O)c4ccccc43)ON2)n1. The molecule has 0 saturated carbocycles. The number of carbonyl (C=O) groups excluding carboxylic acids is 1. The summed E-state index contributed by atoms with van der Waals surface area (Å²) in [6, 6.07) is 13.3. The molecule has 112 valence electrons. The van der Waals surface area contributed by atoms with Crippen LogP contribution >= 0.6 is 0 Å². The van der Waals surface area contributed by atoms with Crippen molar-refractivity contribution in [2.45, 2.75) is 18.9 Å². The highest BCUT2D eigenvalue weighted by Crippen LogP contribution is 2.43. The van der Waals surface area contributed by atoms with Gasteiger partial charge in [-0.05, 0) is 37.0 Å². The Morgan fingerprint density at radius 3 is 2.91 bits per heavy atom. The number of pyridine rings is 1. The lowest BCUT2D eigenvalue weighted by atomic mass is 9.95. The lowest BCUT2D eigenvalue weighted by Crippen LogP contribution is -2.24. The highest BCUT2D eigenvalue weighted by Gasteiger charge is 2.46. The fraction of sp³-hybridized carbons (Fsp3) is 0.158. The maximum absolute atomic E-state index is 12.2. The van der Waals surface area contributed by atoms with Crippen LogP contribution in [0.25, 0.3) is 0 Å². The summed E-state index contributed by atoms with van der Waals surface area (Å²) < 4.78 is 0. The largest absolute Gasteiger partial charge is 0.294 e. The van der Waals surface area contributed by atoms with Crippen molar-refractivity contribution in [3.8, 4) is 11.8 Å². The molecule has 4 nitrogen and oxygen atoms in total. The monoisotopic (exact) mass is 302 g/mol. The molecule has 0 radical (unpaired) electrons. The number of aryl methyl sites for hydroxylation is 1. The fourth-order valence-corrected chi connectivity index (χ4v) is 2.99. The lowest BCUT2D eigenvalue weighted by Gasteiger charge is -2.19. The molecule has 0 saturated heterocycles. The van der Waals surface area contributed by atoms with Gasteiger partial charge in [-0.1, -0.05) is 30.3 Å². The minimum Gasteiger partial charge on any atom is -0.294 e. The Balaban J connectivity index is 1.68. The van der Waals surface area contributed by atoms with E-state index in [0.29, 0.717) is 17.8 Å². The lowest BCUT2D eigenvalue weighted by molar-refractivity contribution is -0.0384. The average Bonchev–Trinajstić information content (AvgIpc) is 3.09. The van der Waals surface area contributed by atoms with Crippen LogP contribution in [0.3, 0.4) is 0 Å². The first-order chi connectivity index (χ1) is 11.2. The van der Waals surface area contributed by atoms with E-state index in [0.717, 1.165) is 16.8 Å². The summed E-state index contributed by atoms with van der Waals surface area (Å²) in [4.78, 5) is 22.3. The van der Waals surface area contributed by atoms with Gasteiger partial charge in [-0.15, -0.1) is 0 Å². The van der Waals surface area contributed by atoms with Crippen molar-refractivity contribution in [2.75, 3.05) is 0 Å². The number of carbonyl (C=O) groups is 1. The third-order valence-electron chi connectivity index (χ3n) is 4.04. The van der Waals surface area contributed by atoms with Crippen molar-refractivity contribution in [3.05, 3.63) is 76.8 Å². The molecule has 1 spiro atoms. The smallest absolute Gasteiger partial charge is 0.166 e. The van der Waals surface area contributed by atoms with Crippen LogP contribution < -0.4 is 5.48 Å². The van der Waals surface area contributed by atoms with Crippen LogP contribution in [-0.4, -0.2) is 10.8 Å². The normalized spacial score (nSPS) is 21.4. The second kappa shape index (κ2) is 5.08. The summed E-state index contributed by atoms with van der Waals surface area (Å²) >= 11 is 0. The van der Waals surface area contributed by atoms with Gasteiger partial charge in [0, 0.05) is 16.8 Å². The van der Waals surface area contributed by atoms with E-state index in [9.17, 15) is 4.79 Å². The molecule has 1 unspecified atom stereocenters. The predicted octanol–water partition coefficient (Wildman–Crippen LogP) is 2.64. The number of nitrogens with zero attached hydrogens (tertiary/aromatic N) is 1. The Bertz CT molecular complexity index is 905. The number of hydrogen-bond donors (Lipinski definition) is 1. The summed E-state index contributed by atoms with van der Waals surface area (Å²) in [5.41, 5.74) is 6.00. The molecule has 0 bridgehead atoms. The van der Waals surface area contributed by atoms with E-state index in [1.165, 1.54) is 0 Å². The van der Waals surface area contributed by atoms with Crippen molar-refractivity contribution in [1.82, 2.24) is 10.5 Å². The van der Waals surface area contributed by atoms with Gasteiger partial charge in [0.05, 0.1) is 6.42 Å². The van der Waals surface area contributed by atoms with Crippen molar-refractivity contribution >= 4 is 5.78 Å². The van der Waals surface area contributed by atoms with Crippen LogP contribution in [0.2, 0.25) is 0 Å². The van der Waals surface area contributed by atoms with E-state index in [-0.39, 0.29) is 5.78 Å². The number of hydrogen-bond acceptors (Lipinski definition) is 4. The van der Waals surface area contributed by atoms with Gasteiger partial charge in [-0.2, -0.15) is 0 Å². The molecule has 1 N–H and O–H groups in total. The van der Waals surface area contributed by atoms with Gasteiger partial charge in [-0.3, -0.25) is 15.1 Å². The second-order valence-electron chi connectivity index (χ2n) is 5.71. The standard InChI is InChI=1S/C19H14N2O2/c1-13-5-4-6-14(20-13)9-10-15-11-19(23-21-15)12-18(22)16-7-2-3-8-17(16)19/h2-8,11,21H,12H2,1H3. The second-order valence-corrected chi connectivity index (χ2v) is 5.71.